The van der Waals surface area contributed by atoms with Crippen molar-refractivity contribution >= 4 is 10.8 Å². The monoisotopic (exact) mass is 422 g/mol. The number of aromatic amines is 1. The van der Waals surface area contributed by atoms with Crippen molar-refractivity contribution in [3.8, 4) is 16.9 Å². The molecule has 0 fully saturated rings. The highest BCUT2D eigenvalue weighted by atomic mass is 16.3. The molecule has 4 nitrogen and oxygen atoms in total. The summed E-state index contributed by atoms with van der Waals surface area (Å²) < 4.78 is 0. The number of fused-ring (bicyclic) bond motifs is 1. The van der Waals surface area contributed by atoms with Gasteiger partial charge in [-0.25, -0.2) is 0 Å². The minimum atomic E-state index is -0.193. The summed E-state index contributed by atoms with van der Waals surface area (Å²) in [6, 6.07) is 24.1. The van der Waals surface area contributed by atoms with Gasteiger partial charge in [0.15, 0.2) is 0 Å². The third-order valence-corrected chi connectivity index (χ3v) is 6.24. The van der Waals surface area contributed by atoms with Gasteiger partial charge in [0.2, 0.25) is 0 Å². The van der Waals surface area contributed by atoms with Crippen LogP contribution in [0.15, 0.2) is 95.4 Å². The van der Waals surface area contributed by atoms with Crippen LogP contribution in [0.2, 0.25) is 0 Å². The van der Waals surface area contributed by atoms with Crippen LogP contribution in [0.3, 0.4) is 0 Å². The van der Waals surface area contributed by atoms with Gasteiger partial charge in [-0.2, -0.15) is 0 Å². The number of nitrogens with one attached hydrogen (secondary N) is 1. The van der Waals surface area contributed by atoms with Crippen LogP contribution in [-0.4, -0.2) is 28.1 Å². The number of hydrogen-bond acceptors (Lipinski definition) is 3. The largest absolute Gasteiger partial charge is 0.507 e. The minimum absolute atomic E-state index is 0.124. The van der Waals surface area contributed by atoms with Crippen LogP contribution in [0.4, 0.5) is 0 Å². The molecule has 5 rings (SSSR count). The number of phenolic OH excluding ortho intramolecular Hbond substituents is 1. The Labute approximate surface area is 187 Å². The van der Waals surface area contributed by atoms with Crippen molar-refractivity contribution in [1.29, 1.82) is 0 Å². The standard InChI is InChI=1S/C28H26N2O2/c31-26-8-4-7-24-27(26)25(18-29-28(24)32)23-11-9-22(10-12-23)19-30-15-13-21(14-16-30)17-20-5-2-1-3-6-20/h1-13,18,31H,14-17,19H2,(H,29,32). The van der Waals surface area contributed by atoms with Gasteiger partial charge in [-0.05, 0) is 41.7 Å². The van der Waals surface area contributed by atoms with Crippen LogP contribution in [0.1, 0.15) is 17.5 Å². The summed E-state index contributed by atoms with van der Waals surface area (Å²) in [6.07, 6.45) is 6.21. The van der Waals surface area contributed by atoms with Crippen LogP contribution in [0.5, 0.6) is 5.75 Å². The predicted octanol–water partition coefficient (Wildman–Crippen LogP) is 5.28. The lowest BCUT2D eigenvalue weighted by molar-refractivity contribution is 0.285. The molecule has 0 radical (unpaired) electrons. The molecule has 0 saturated carbocycles. The fourth-order valence-corrected chi connectivity index (χ4v) is 4.49. The lowest BCUT2D eigenvalue weighted by Crippen LogP contribution is -2.28. The Morgan fingerprint density at radius 2 is 1.72 bits per heavy atom. The van der Waals surface area contributed by atoms with Crippen molar-refractivity contribution in [2.24, 2.45) is 0 Å². The van der Waals surface area contributed by atoms with Crippen molar-refractivity contribution in [3.05, 3.63) is 112 Å². The first-order chi connectivity index (χ1) is 15.7. The molecule has 32 heavy (non-hydrogen) atoms. The number of rotatable bonds is 5. The maximum absolute atomic E-state index is 12.1. The zero-order valence-corrected chi connectivity index (χ0v) is 17.9. The molecule has 2 N–H and O–H groups in total. The van der Waals surface area contributed by atoms with Crippen molar-refractivity contribution in [2.75, 3.05) is 13.1 Å². The summed E-state index contributed by atoms with van der Waals surface area (Å²) in [5, 5.41) is 11.5. The van der Waals surface area contributed by atoms with Gasteiger partial charge in [-0.1, -0.05) is 72.3 Å². The van der Waals surface area contributed by atoms with E-state index in [9.17, 15) is 9.90 Å². The molecule has 4 heteroatoms. The normalized spacial score (nSPS) is 14.4. The van der Waals surface area contributed by atoms with Gasteiger partial charge in [0.1, 0.15) is 5.75 Å². The number of H-pyrrole nitrogens is 1. The van der Waals surface area contributed by atoms with Gasteiger partial charge in [0, 0.05) is 36.8 Å². The zero-order valence-electron chi connectivity index (χ0n) is 17.9. The molecule has 0 spiro atoms. The SMILES string of the molecule is O=c1[nH]cc(-c2ccc(CN3CC=C(Cc4ccccc4)CC3)cc2)c2c(O)cccc12. The minimum Gasteiger partial charge on any atom is -0.507 e. The summed E-state index contributed by atoms with van der Waals surface area (Å²) in [6.45, 7) is 2.95. The van der Waals surface area contributed by atoms with Crippen molar-refractivity contribution in [2.45, 2.75) is 19.4 Å². The number of phenols is 1. The Balaban J connectivity index is 1.29. The highest BCUT2D eigenvalue weighted by molar-refractivity contribution is 5.99. The van der Waals surface area contributed by atoms with E-state index in [2.05, 4.69) is 70.6 Å². The first-order valence-electron chi connectivity index (χ1n) is 11.0. The summed E-state index contributed by atoms with van der Waals surface area (Å²) in [5.41, 5.74) is 5.76. The van der Waals surface area contributed by atoms with Crippen LogP contribution in [0.25, 0.3) is 21.9 Å². The van der Waals surface area contributed by atoms with E-state index >= 15 is 0 Å². The molecule has 160 valence electrons. The molecule has 0 amide bonds. The van der Waals surface area contributed by atoms with Crippen LogP contribution in [0, 0.1) is 0 Å². The molecule has 1 aromatic heterocycles. The molecular formula is C28H26N2O2. The number of pyridine rings is 1. The molecule has 2 heterocycles. The molecule has 3 aromatic carbocycles. The van der Waals surface area contributed by atoms with Crippen LogP contribution >= 0.6 is 0 Å². The highest BCUT2D eigenvalue weighted by Crippen LogP contribution is 2.32. The second kappa shape index (κ2) is 8.85. The van der Waals surface area contributed by atoms with E-state index in [-0.39, 0.29) is 11.3 Å². The lowest BCUT2D eigenvalue weighted by atomic mass is 9.98. The van der Waals surface area contributed by atoms with E-state index in [4.69, 9.17) is 0 Å². The molecule has 1 aliphatic heterocycles. The van der Waals surface area contributed by atoms with Gasteiger partial charge in [-0.3, -0.25) is 9.69 Å². The molecule has 1 aliphatic rings. The van der Waals surface area contributed by atoms with E-state index in [0.29, 0.717) is 10.8 Å². The van der Waals surface area contributed by atoms with E-state index in [1.165, 1.54) is 16.7 Å². The molecule has 0 saturated heterocycles. The zero-order chi connectivity index (χ0) is 21.9. The Hall–Kier alpha value is -3.63. The van der Waals surface area contributed by atoms with E-state index < -0.39 is 0 Å². The van der Waals surface area contributed by atoms with Gasteiger partial charge in [0.25, 0.3) is 5.56 Å². The smallest absolute Gasteiger partial charge is 0.255 e. The second-order valence-electron chi connectivity index (χ2n) is 8.44. The van der Waals surface area contributed by atoms with Crippen LogP contribution < -0.4 is 5.56 Å². The number of nitrogens with zero attached hydrogens (tertiary/aromatic N) is 1. The maximum Gasteiger partial charge on any atom is 0.255 e. The lowest BCUT2D eigenvalue weighted by Gasteiger charge is -2.26. The second-order valence-corrected chi connectivity index (χ2v) is 8.44. The van der Waals surface area contributed by atoms with Crippen molar-refractivity contribution in [1.82, 2.24) is 9.88 Å². The average molecular weight is 423 g/mol. The van der Waals surface area contributed by atoms with Gasteiger partial charge in [0.05, 0.1) is 5.39 Å². The third kappa shape index (κ3) is 4.23. The first kappa shape index (κ1) is 20.3. The summed E-state index contributed by atoms with van der Waals surface area (Å²) in [7, 11) is 0. The third-order valence-electron chi connectivity index (χ3n) is 6.24. The average Bonchev–Trinajstić information content (AvgIpc) is 2.83. The molecule has 4 aromatic rings. The van der Waals surface area contributed by atoms with E-state index in [1.807, 2.05) is 0 Å². The topological polar surface area (TPSA) is 56.3 Å². The number of hydrogen-bond donors (Lipinski definition) is 2. The molecule has 0 unspecified atom stereocenters. The fourth-order valence-electron chi connectivity index (χ4n) is 4.49. The van der Waals surface area contributed by atoms with Gasteiger partial charge < -0.3 is 10.1 Å². The Bertz CT molecular complexity index is 1320. The van der Waals surface area contributed by atoms with E-state index in [1.54, 1.807) is 24.4 Å². The van der Waals surface area contributed by atoms with Crippen molar-refractivity contribution < 1.29 is 5.11 Å². The molecule has 0 bridgehead atoms. The quantitative estimate of drug-likeness (QED) is 0.431. The highest BCUT2D eigenvalue weighted by Gasteiger charge is 2.14. The Kier molecular flexibility index (Phi) is 5.61. The van der Waals surface area contributed by atoms with Gasteiger partial charge >= 0.3 is 0 Å². The molecule has 0 aliphatic carbocycles. The van der Waals surface area contributed by atoms with Gasteiger partial charge in [-0.15, -0.1) is 0 Å². The fraction of sp³-hybridized carbons (Fsp3) is 0.179. The molecular weight excluding hydrogens is 396 g/mol. The Morgan fingerprint density at radius 3 is 2.47 bits per heavy atom. The summed E-state index contributed by atoms with van der Waals surface area (Å²) in [5.74, 6) is 0.124. The van der Waals surface area contributed by atoms with E-state index in [0.717, 1.165) is 43.6 Å². The van der Waals surface area contributed by atoms with Crippen molar-refractivity contribution in [3.63, 3.8) is 0 Å². The van der Waals surface area contributed by atoms with Crippen LogP contribution in [-0.2, 0) is 13.0 Å². The summed E-state index contributed by atoms with van der Waals surface area (Å²) in [4.78, 5) is 17.4. The predicted molar refractivity (Wildman–Crippen MR) is 130 cm³/mol. The maximum atomic E-state index is 12.1. The number of aromatic nitrogens is 1. The number of aromatic hydroxyl groups is 1. The molecule has 0 atom stereocenters. The Morgan fingerprint density at radius 1 is 0.906 bits per heavy atom. The number of benzene rings is 3. The first-order valence-corrected chi connectivity index (χ1v) is 11.0. The summed E-state index contributed by atoms with van der Waals surface area (Å²) >= 11 is 0.